The van der Waals surface area contributed by atoms with Crippen molar-refractivity contribution in [3.05, 3.63) is 79.0 Å². The topological polar surface area (TPSA) is 112 Å². The van der Waals surface area contributed by atoms with Crippen LogP contribution in [0.25, 0.3) is 55.6 Å². The lowest BCUT2D eigenvalue weighted by Gasteiger charge is -2.17. The summed E-state index contributed by atoms with van der Waals surface area (Å²) in [6, 6.07) is 16.6. The molecule has 0 radical (unpaired) electrons. The molecule has 1 amide bonds. The second kappa shape index (κ2) is 12.0. The SMILES string of the molecule is CC(C)(C)C(=O)Nc1cncc(-c2ccc3[nH]nc(-c4cc5c(-c6cc(F)cc(OCCN7CCCC7)c6)nccc5[nH]4)c3c2)c1. The van der Waals surface area contributed by atoms with Gasteiger partial charge in [-0.05, 0) is 74.0 Å². The molecule has 0 unspecified atom stereocenters. The molecule has 7 rings (SSSR count). The van der Waals surface area contributed by atoms with Gasteiger partial charge in [-0.2, -0.15) is 5.10 Å². The van der Waals surface area contributed by atoms with Crippen molar-refractivity contribution in [2.75, 3.05) is 31.6 Å². The lowest BCUT2D eigenvalue weighted by molar-refractivity contribution is -0.123. The molecule has 5 heterocycles. The van der Waals surface area contributed by atoms with E-state index in [1.165, 1.54) is 25.0 Å². The van der Waals surface area contributed by atoms with Crippen LogP contribution in [0.4, 0.5) is 10.1 Å². The van der Waals surface area contributed by atoms with Crippen molar-refractivity contribution in [2.45, 2.75) is 33.6 Å². The van der Waals surface area contributed by atoms with Crippen LogP contribution in [0.2, 0.25) is 0 Å². The van der Waals surface area contributed by atoms with Crippen LogP contribution in [0.3, 0.4) is 0 Å². The molecule has 0 spiro atoms. The van der Waals surface area contributed by atoms with Gasteiger partial charge in [-0.3, -0.25) is 24.8 Å². The minimum absolute atomic E-state index is 0.0776. The minimum atomic E-state index is -0.520. The third-order valence-corrected chi connectivity index (χ3v) is 8.40. The highest BCUT2D eigenvalue weighted by Gasteiger charge is 2.22. The van der Waals surface area contributed by atoms with E-state index in [0.29, 0.717) is 29.3 Å². The maximum Gasteiger partial charge on any atom is 0.229 e. The van der Waals surface area contributed by atoms with Gasteiger partial charge in [0, 0.05) is 57.8 Å². The number of benzene rings is 2. The van der Waals surface area contributed by atoms with Crippen LogP contribution in [0.5, 0.6) is 5.75 Å². The molecule has 46 heavy (non-hydrogen) atoms. The van der Waals surface area contributed by atoms with Crippen LogP contribution >= 0.6 is 0 Å². The van der Waals surface area contributed by atoms with Gasteiger partial charge >= 0.3 is 0 Å². The van der Waals surface area contributed by atoms with E-state index in [1.54, 1.807) is 18.6 Å². The summed E-state index contributed by atoms with van der Waals surface area (Å²) in [5, 5.41) is 12.5. The first-order chi connectivity index (χ1) is 22.2. The molecule has 0 saturated carbocycles. The van der Waals surface area contributed by atoms with Crippen molar-refractivity contribution in [3.8, 4) is 39.5 Å². The first-order valence-electron chi connectivity index (χ1n) is 15.6. The average molecular weight is 618 g/mol. The summed E-state index contributed by atoms with van der Waals surface area (Å²) in [5.74, 6) is 0.0444. The van der Waals surface area contributed by atoms with Gasteiger partial charge < -0.3 is 15.0 Å². The van der Waals surface area contributed by atoms with Gasteiger partial charge in [-0.25, -0.2) is 4.39 Å². The van der Waals surface area contributed by atoms with E-state index >= 15 is 0 Å². The normalized spacial score (nSPS) is 13.9. The fourth-order valence-corrected chi connectivity index (χ4v) is 5.88. The zero-order valence-electron chi connectivity index (χ0n) is 26.2. The molecule has 1 fully saturated rings. The highest BCUT2D eigenvalue weighted by atomic mass is 19.1. The molecule has 0 bridgehead atoms. The summed E-state index contributed by atoms with van der Waals surface area (Å²) in [5.41, 5.74) is 6.51. The minimum Gasteiger partial charge on any atom is -0.492 e. The lowest BCUT2D eigenvalue weighted by atomic mass is 9.95. The third-order valence-electron chi connectivity index (χ3n) is 8.40. The summed E-state index contributed by atoms with van der Waals surface area (Å²) in [6.45, 7) is 9.14. The number of halogens is 1. The summed E-state index contributed by atoms with van der Waals surface area (Å²) in [6.07, 6.45) is 7.58. The molecule has 1 aliphatic rings. The van der Waals surface area contributed by atoms with Gasteiger partial charge in [0.2, 0.25) is 5.91 Å². The van der Waals surface area contributed by atoms with Crippen LogP contribution < -0.4 is 10.1 Å². The van der Waals surface area contributed by atoms with Gasteiger partial charge in [0.15, 0.2) is 0 Å². The second-order valence-electron chi connectivity index (χ2n) is 12.9. The summed E-state index contributed by atoms with van der Waals surface area (Å²) in [7, 11) is 0. The molecule has 0 atom stereocenters. The predicted octanol–water partition coefficient (Wildman–Crippen LogP) is 7.43. The lowest BCUT2D eigenvalue weighted by Crippen LogP contribution is -2.27. The number of ether oxygens (including phenoxy) is 1. The Balaban J connectivity index is 1.19. The number of fused-ring (bicyclic) bond motifs is 2. The Morgan fingerprint density at radius 2 is 1.76 bits per heavy atom. The number of nitrogens with one attached hydrogen (secondary N) is 3. The van der Waals surface area contributed by atoms with Gasteiger partial charge in [-0.15, -0.1) is 0 Å². The molecular weight excluding hydrogens is 581 g/mol. The van der Waals surface area contributed by atoms with E-state index in [0.717, 1.165) is 64.0 Å². The number of amides is 1. The zero-order valence-corrected chi connectivity index (χ0v) is 26.2. The average Bonchev–Trinajstić information content (AvgIpc) is 3.80. The van der Waals surface area contributed by atoms with Crippen LogP contribution in [0.1, 0.15) is 33.6 Å². The highest BCUT2D eigenvalue weighted by Crippen LogP contribution is 2.36. The van der Waals surface area contributed by atoms with Crippen LogP contribution in [-0.2, 0) is 4.79 Å². The molecule has 1 saturated heterocycles. The summed E-state index contributed by atoms with van der Waals surface area (Å²) >= 11 is 0. The van der Waals surface area contributed by atoms with Crippen molar-refractivity contribution >= 4 is 33.4 Å². The monoisotopic (exact) mass is 617 g/mol. The number of nitrogens with zero attached hydrogens (tertiary/aromatic N) is 4. The molecule has 1 aliphatic heterocycles. The number of aromatic nitrogens is 5. The number of carbonyl (C=O) groups is 1. The Bertz CT molecular complexity index is 2050. The van der Waals surface area contributed by atoms with Crippen LogP contribution in [0, 0.1) is 11.2 Å². The first kappa shape index (κ1) is 29.6. The number of carbonyl (C=O) groups excluding carboxylic acids is 1. The van der Waals surface area contributed by atoms with Gasteiger partial charge in [0.25, 0.3) is 0 Å². The Hall–Kier alpha value is -5.09. The number of aromatic amines is 2. The van der Waals surface area contributed by atoms with E-state index in [1.807, 2.05) is 57.2 Å². The standard InChI is InChI=1S/C36H36FN7O2/c1-36(2,3)35(45)40-26-15-24(20-38-21-26)22-6-7-31-28(17-22)34(43-42-31)32-19-29-30(41-32)8-9-39-33(29)23-14-25(37)18-27(16-23)46-13-12-44-10-4-5-11-44/h6-9,14-21,41H,4-5,10-13H2,1-3H3,(H,40,45)(H,42,43). The smallest absolute Gasteiger partial charge is 0.229 e. The molecular formula is C36H36FN7O2. The van der Waals surface area contributed by atoms with Gasteiger partial charge in [0.05, 0.1) is 28.8 Å². The van der Waals surface area contributed by atoms with Crippen LogP contribution in [0.15, 0.2) is 73.2 Å². The quantitative estimate of drug-likeness (QED) is 0.164. The van der Waals surface area contributed by atoms with Crippen molar-refractivity contribution in [1.29, 1.82) is 0 Å². The maximum atomic E-state index is 14.8. The van der Waals surface area contributed by atoms with E-state index in [2.05, 4.69) is 41.4 Å². The fraction of sp³-hybridized carbons (Fsp3) is 0.278. The largest absolute Gasteiger partial charge is 0.492 e. The van der Waals surface area contributed by atoms with Crippen molar-refractivity contribution in [2.24, 2.45) is 5.41 Å². The molecule has 10 heteroatoms. The molecule has 9 nitrogen and oxygen atoms in total. The van der Waals surface area contributed by atoms with E-state index in [4.69, 9.17) is 4.74 Å². The molecule has 6 aromatic rings. The molecule has 4 aromatic heterocycles. The number of rotatable bonds is 8. The second-order valence-corrected chi connectivity index (χ2v) is 12.9. The Morgan fingerprint density at radius 3 is 2.59 bits per heavy atom. The Labute approximate surface area is 266 Å². The number of hydrogen-bond donors (Lipinski definition) is 3. The van der Waals surface area contributed by atoms with E-state index < -0.39 is 5.41 Å². The van der Waals surface area contributed by atoms with Crippen molar-refractivity contribution < 1.29 is 13.9 Å². The van der Waals surface area contributed by atoms with Gasteiger partial charge in [-0.1, -0.05) is 26.8 Å². The number of anilines is 1. The van der Waals surface area contributed by atoms with Crippen molar-refractivity contribution in [3.63, 3.8) is 0 Å². The van der Waals surface area contributed by atoms with E-state index in [-0.39, 0.29) is 11.7 Å². The molecule has 2 aromatic carbocycles. The van der Waals surface area contributed by atoms with Crippen LogP contribution in [-0.4, -0.2) is 62.2 Å². The summed E-state index contributed by atoms with van der Waals surface area (Å²) in [4.78, 5) is 27.4. The zero-order chi connectivity index (χ0) is 31.8. The number of pyridine rings is 2. The van der Waals surface area contributed by atoms with Gasteiger partial charge in [0.1, 0.15) is 23.9 Å². The molecule has 3 N–H and O–H groups in total. The Morgan fingerprint density at radius 1 is 0.935 bits per heavy atom. The fourth-order valence-electron chi connectivity index (χ4n) is 5.88. The predicted molar refractivity (Wildman–Crippen MR) is 179 cm³/mol. The highest BCUT2D eigenvalue weighted by molar-refractivity contribution is 6.01. The Kier molecular flexibility index (Phi) is 7.74. The summed E-state index contributed by atoms with van der Waals surface area (Å²) < 4.78 is 20.8. The molecule has 234 valence electrons. The number of H-pyrrole nitrogens is 2. The number of likely N-dealkylation sites (tertiary alicyclic amines) is 1. The third kappa shape index (κ3) is 6.08. The van der Waals surface area contributed by atoms with E-state index in [9.17, 15) is 9.18 Å². The van der Waals surface area contributed by atoms with Crippen molar-refractivity contribution in [1.82, 2.24) is 30.0 Å². The molecule has 0 aliphatic carbocycles. The number of hydrogen-bond acceptors (Lipinski definition) is 6. The first-order valence-corrected chi connectivity index (χ1v) is 15.6. The maximum absolute atomic E-state index is 14.8.